The maximum atomic E-state index is 13.2. The van der Waals surface area contributed by atoms with E-state index in [0.717, 1.165) is 24.9 Å². The van der Waals surface area contributed by atoms with Crippen LogP contribution >= 0.6 is 0 Å². The van der Waals surface area contributed by atoms with E-state index in [1.165, 1.54) is 0 Å². The van der Waals surface area contributed by atoms with Gasteiger partial charge in [0.05, 0.1) is 17.5 Å². The van der Waals surface area contributed by atoms with Crippen LogP contribution in [0.3, 0.4) is 0 Å². The van der Waals surface area contributed by atoms with Crippen LogP contribution in [0.25, 0.3) is 0 Å². The van der Waals surface area contributed by atoms with Crippen molar-refractivity contribution < 1.29 is 14.7 Å². The summed E-state index contributed by atoms with van der Waals surface area (Å²) in [5.41, 5.74) is 1.39. The zero-order valence-electron chi connectivity index (χ0n) is 14.2. The predicted octanol–water partition coefficient (Wildman–Crippen LogP) is 2.44. The molecule has 1 fully saturated rings. The van der Waals surface area contributed by atoms with Crippen molar-refractivity contribution in [1.82, 2.24) is 4.90 Å². The molecular weight excluding hydrogens is 306 g/mol. The molecule has 0 aromatic heterocycles. The van der Waals surface area contributed by atoms with E-state index in [1.807, 2.05) is 38.1 Å². The maximum Gasteiger partial charge on any atom is 0.325 e. The number of nitrogens with one attached hydrogen (secondary N) is 1. The Morgan fingerprint density at radius 3 is 2.88 bits per heavy atom. The van der Waals surface area contributed by atoms with Crippen LogP contribution in [-0.2, 0) is 4.79 Å². The van der Waals surface area contributed by atoms with Crippen molar-refractivity contribution in [3.05, 3.63) is 24.3 Å². The third kappa shape index (κ3) is 2.98. The summed E-state index contributed by atoms with van der Waals surface area (Å²) in [4.78, 5) is 29.1. The monoisotopic (exact) mass is 331 g/mol. The summed E-state index contributed by atoms with van der Waals surface area (Å²) < 4.78 is 0. The molecular formula is C18H25N3O3. The topological polar surface area (TPSA) is 72.9 Å². The van der Waals surface area contributed by atoms with Gasteiger partial charge in [-0.05, 0) is 30.9 Å². The molecule has 2 heterocycles. The molecule has 6 nitrogen and oxygen atoms in total. The van der Waals surface area contributed by atoms with Gasteiger partial charge in [0, 0.05) is 13.1 Å². The van der Waals surface area contributed by atoms with E-state index in [2.05, 4.69) is 5.32 Å². The Balaban J connectivity index is 1.99. The van der Waals surface area contributed by atoms with Crippen molar-refractivity contribution >= 4 is 23.3 Å². The number of fused-ring (bicyclic) bond motifs is 1. The molecule has 0 bridgehead atoms. The number of β-amino-alcohol motifs (C(OH)–C–C–N with tert-alkyl or cyclic N) is 1. The molecule has 2 N–H and O–H groups in total. The molecule has 1 saturated heterocycles. The van der Waals surface area contributed by atoms with Crippen LogP contribution in [0.5, 0.6) is 0 Å². The number of carbonyl (C=O) groups is 2. The second-order valence-corrected chi connectivity index (χ2v) is 6.73. The first-order valence-corrected chi connectivity index (χ1v) is 8.69. The lowest BCUT2D eigenvalue weighted by molar-refractivity contribution is -0.118. The van der Waals surface area contributed by atoms with Crippen LogP contribution in [0.4, 0.5) is 16.2 Å². The Bertz CT molecular complexity index is 634. The Kier molecular flexibility index (Phi) is 4.76. The van der Waals surface area contributed by atoms with Gasteiger partial charge in [-0.1, -0.05) is 32.4 Å². The van der Waals surface area contributed by atoms with E-state index in [4.69, 9.17) is 0 Å². The first-order valence-electron chi connectivity index (χ1n) is 8.69. The van der Waals surface area contributed by atoms with Gasteiger partial charge in [-0.15, -0.1) is 0 Å². The van der Waals surface area contributed by atoms with Crippen LogP contribution in [0.15, 0.2) is 24.3 Å². The van der Waals surface area contributed by atoms with Gasteiger partial charge < -0.3 is 15.3 Å². The van der Waals surface area contributed by atoms with Gasteiger partial charge in [-0.3, -0.25) is 9.69 Å². The normalized spacial score (nSPS) is 25.0. The SMILES string of the molecule is CCC(C)C1C(=O)Nc2ccccc2N1C(=O)N1CCCC(O)C1. The number of urea groups is 1. The fraction of sp³-hybridized carbons (Fsp3) is 0.556. The number of piperidine rings is 1. The van der Waals surface area contributed by atoms with E-state index in [1.54, 1.807) is 9.80 Å². The number of likely N-dealkylation sites (tertiary alicyclic amines) is 1. The molecule has 0 aliphatic carbocycles. The van der Waals surface area contributed by atoms with Gasteiger partial charge in [-0.2, -0.15) is 0 Å². The summed E-state index contributed by atoms with van der Waals surface area (Å²) in [7, 11) is 0. The second kappa shape index (κ2) is 6.81. The van der Waals surface area contributed by atoms with Crippen LogP contribution < -0.4 is 10.2 Å². The van der Waals surface area contributed by atoms with Gasteiger partial charge >= 0.3 is 6.03 Å². The molecule has 3 rings (SSSR count). The molecule has 2 aliphatic rings. The lowest BCUT2D eigenvalue weighted by atomic mass is 9.94. The summed E-state index contributed by atoms with van der Waals surface area (Å²) in [6.07, 6.45) is 1.81. The van der Waals surface area contributed by atoms with Gasteiger partial charge in [-0.25, -0.2) is 4.79 Å². The molecule has 1 aromatic rings. The third-order valence-corrected chi connectivity index (χ3v) is 5.02. The van der Waals surface area contributed by atoms with E-state index in [-0.39, 0.29) is 17.9 Å². The van der Waals surface area contributed by atoms with Crippen molar-refractivity contribution in [1.29, 1.82) is 0 Å². The Morgan fingerprint density at radius 2 is 2.17 bits per heavy atom. The second-order valence-electron chi connectivity index (χ2n) is 6.73. The highest BCUT2D eigenvalue weighted by molar-refractivity contribution is 6.11. The minimum Gasteiger partial charge on any atom is -0.391 e. The smallest absolute Gasteiger partial charge is 0.325 e. The highest BCUT2D eigenvalue weighted by atomic mass is 16.3. The highest BCUT2D eigenvalue weighted by Gasteiger charge is 2.41. The fourth-order valence-corrected chi connectivity index (χ4v) is 3.50. The van der Waals surface area contributed by atoms with E-state index in [0.29, 0.717) is 18.8 Å². The number of rotatable bonds is 2. The largest absolute Gasteiger partial charge is 0.391 e. The molecule has 3 amide bonds. The van der Waals surface area contributed by atoms with Crippen molar-refractivity contribution in [3.63, 3.8) is 0 Å². The summed E-state index contributed by atoms with van der Waals surface area (Å²) in [6, 6.07) is 6.66. The number of hydrogen-bond donors (Lipinski definition) is 2. The number of nitrogens with zero attached hydrogens (tertiary/aromatic N) is 2. The molecule has 1 aromatic carbocycles. The number of benzene rings is 1. The van der Waals surface area contributed by atoms with Crippen molar-refractivity contribution in [2.75, 3.05) is 23.3 Å². The molecule has 3 unspecified atom stereocenters. The minimum atomic E-state index is -0.531. The lowest BCUT2D eigenvalue weighted by Crippen LogP contribution is -2.59. The zero-order valence-corrected chi connectivity index (χ0v) is 14.2. The molecule has 130 valence electrons. The molecule has 0 saturated carbocycles. The average Bonchev–Trinajstić information content (AvgIpc) is 2.59. The Hall–Kier alpha value is -2.08. The number of hydrogen-bond acceptors (Lipinski definition) is 3. The predicted molar refractivity (Wildman–Crippen MR) is 93.0 cm³/mol. The average molecular weight is 331 g/mol. The number of anilines is 2. The molecule has 3 atom stereocenters. The molecule has 0 radical (unpaired) electrons. The number of para-hydroxylation sites is 2. The van der Waals surface area contributed by atoms with Gasteiger partial charge in [0.15, 0.2) is 0 Å². The first-order chi connectivity index (χ1) is 11.5. The molecule has 0 spiro atoms. The molecule has 6 heteroatoms. The number of amides is 3. The number of aliphatic hydroxyl groups excluding tert-OH is 1. The van der Waals surface area contributed by atoms with Crippen LogP contribution in [0, 0.1) is 5.92 Å². The highest BCUT2D eigenvalue weighted by Crippen LogP contribution is 2.35. The molecule has 2 aliphatic heterocycles. The number of aliphatic hydroxyl groups is 1. The van der Waals surface area contributed by atoms with Crippen molar-refractivity contribution in [2.45, 2.75) is 45.3 Å². The van der Waals surface area contributed by atoms with Gasteiger partial charge in [0.1, 0.15) is 6.04 Å². The quantitative estimate of drug-likeness (QED) is 0.874. The number of carbonyl (C=O) groups excluding carboxylic acids is 2. The fourth-order valence-electron chi connectivity index (χ4n) is 3.50. The van der Waals surface area contributed by atoms with Crippen LogP contribution in [0.2, 0.25) is 0 Å². The summed E-state index contributed by atoms with van der Waals surface area (Å²) in [6.45, 7) is 4.95. The standard InChI is InChI=1S/C18H25N3O3/c1-3-12(2)16-17(23)19-14-8-4-5-9-15(14)21(16)18(24)20-10-6-7-13(22)11-20/h4-5,8-9,12-13,16,22H,3,6-7,10-11H2,1-2H3,(H,19,23). The maximum absolute atomic E-state index is 13.2. The Labute approximate surface area is 142 Å². The van der Waals surface area contributed by atoms with Crippen LogP contribution in [-0.4, -0.2) is 47.2 Å². The van der Waals surface area contributed by atoms with Crippen molar-refractivity contribution in [3.8, 4) is 0 Å². The zero-order chi connectivity index (χ0) is 17.3. The first kappa shape index (κ1) is 16.8. The van der Waals surface area contributed by atoms with Crippen molar-refractivity contribution in [2.24, 2.45) is 5.92 Å². The van der Waals surface area contributed by atoms with Gasteiger partial charge in [0.2, 0.25) is 5.91 Å². The summed E-state index contributed by atoms with van der Waals surface area (Å²) in [5, 5.41) is 12.8. The van der Waals surface area contributed by atoms with E-state index >= 15 is 0 Å². The molecule has 24 heavy (non-hydrogen) atoms. The van der Waals surface area contributed by atoms with Gasteiger partial charge in [0.25, 0.3) is 0 Å². The Morgan fingerprint density at radius 1 is 1.42 bits per heavy atom. The lowest BCUT2D eigenvalue weighted by Gasteiger charge is -2.42. The summed E-state index contributed by atoms with van der Waals surface area (Å²) in [5.74, 6) is -0.106. The van der Waals surface area contributed by atoms with Crippen LogP contribution in [0.1, 0.15) is 33.1 Å². The third-order valence-electron chi connectivity index (χ3n) is 5.02. The van der Waals surface area contributed by atoms with E-state index in [9.17, 15) is 14.7 Å². The minimum absolute atomic E-state index is 0.0389. The van der Waals surface area contributed by atoms with E-state index < -0.39 is 12.1 Å². The summed E-state index contributed by atoms with van der Waals surface area (Å²) >= 11 is 0.